The van der Waals surface area contributed by atoms with E-state index >= 15 is 0 Å². The summed E-state index contributed by atoms with van der Waals surface area (Å²) in [7, 11) is 4.52. The third kappa shape index (κ3) is 3.48. The molecule has 2 aliphatic rings. The lowest BCUT2D eigenvalue weighted by atomic mass is 9.95. The summed E-state index contributed by atoms with van der Waals surface area (Å²) in [6.45, 7) is 0. The largest absolute Gasteiger partial charge is 0.497 e. The molecular weight excluding hydrogens is 436 g/mol. The maximum absolute atomic E-state index is 12.3. The highest BCUT2D eigenvalue weighted by Gasteiger charge is 2.43. The summed E-state index contributed by atoms with van der Waals surface area (Å²) in [5.74, 6) is 0.808. The van der Waals surface area contributed by atoms with E-state index in [9.17, 15) is 9.90 Å². The van der Waals surface area contributed by atoms with Crippen LogP contribution in [0.4, 0.5) is 0 Å². The van der Waals surface area contributed by atoms with Crippen LogP contribution in [0.2, 0.25) is 0 Å². The number of methoxy groups -OCH3 is 3. The van der Waals surface area contributed by atoms with Crippen LogP contribution in [-0.4, -0.2) is 43.1 Å². The SMILES string of the molecule is COc1ccc(C2=NN3C(C2)c2ccccc2OC3c2ccc(OC)c(OC)c2C(=O)O)cc1. The van der Waals surface area contributed by atoms with Crippen molar-refractivity contribution in [2.75, 3.05) is 21.3 Å². The van der Waals surface area contributed by atoms with Gasteiger partial charge in [-0.1, -0.05) is 18.2 Å². The summed E-state index contributed by atoms with van der Waals surface area (Å²) in [6.07, 6.45) is -0.111. The van der Waals surface area contributed by atoms with Crippen LogP contribution in [0.1, 0.15) is 45.7 Å². The molecule has 0 fully saturated rings. The summed E-state index contributed by atoms with van der Waals surface area (Å²) >= 11 is 0. The first-order valence-electron chi connectivity index (χ1n) is 10.8. The molecule has 174 valence electrons. The Kier molecular flexibility index (Phi) is 5.49. The van der Waals surface area contributed by atoms with Crippen molar-refractivity contribution in [3.63, 3.8) is 0 Å². The number of para-hydroxylation sites is 1. The Morgan fingerprint density at radius 1 is 0.971 bits per heavy atom. The Hall–Kier alpha value is -4.20. The maximum Gasteiger partial charge on any atom is 0.340 e. The standard InChI is InChI=1S/C26H24N2O6/c1-31-16-10-8-15(9-11-16)19-14-20-17-6-4-5-7-21(17)34-25(28(20)27-19)18-12-13-22(32-2)24(33-3)23(18)26(29)30/h4-13,20,25H,14H2,1-3H3,(H,29,30). The molecule has 8 nitrogen and oxygen atoms in total. The van der Waals surface area contributed by atoms with Gasteiger partial charge in [0.1, 0.15) is 17.1 Å². The molecular formula is C26H24N2O6. The van der Waals surface area contributed by atoms with Gasteiger partial charge in [-0.25, -0.2) is 9.80 Å². The van der Waals surface area contributed by atoms with Crippen LogP contribution in [0.15, 0.2) is 65.8 Å². The van der Waals surface area contributed by atoms with Crippen molar-refractivity contribution >= 4 is 11.7 Å². The molecule has 34 heavy (non-hydrogen) atoms. The van der Waals surface area contributed by atoms with Gasteiger partial charge in [0, 0.05) is 17.5 Å². The van der Waals surface area contributed by atoms with E-state index in [1.807, 2.05) is 53.5 Å². The predicted octanol–water partition coefficient (Wildman–Crippen LogP) is 4.65. The van der Waals surface area contributed by atoms with E-state index in [2.05, 4.69) is 0 Å². The van der Waals surface area contributed by atoms with Gasteiger partial charge < -0.3 is 24.1 Å². The Labute approximate surface area is 196 Å². The quantitative estimate of drug-likeness (QED) is 0.573. The topological polar surface area (TPSA) is 89.8 Å². The number of ether oxygens (including phenoxy) is 4. The van der Waals surface area contributed by atoms with E-state index in [0.717, 1.165) is 22.6 Å². The molecule has 0 aromatic heterocycles. The normalized spacial score (nSPS) is 18.3. The number of fused-ring (bicyclic) bond motifs is 3. The fourth-order valence-electron chi connectivity index (χ4n) is 4.57. The van der Waals surface area contributed by atoms with Gasteiger partial charge in [-0.2, -0.15) is 5.10 Å². The Morgan fingerprint density at radius 3 is 2.41 bits per heavy atom. The molecule has 3 aromatic rings. The lowest BCUT2D eigenvalue weighted by molar-refractivity contribution is -0.0199. The lowest BCUT2D eigenvalue weighted by Crippen LogP contribution is -2.34. The number of rotatable bonds is 6. The van der Waals surface area contributed by atoms with Crippen LogP contribution >= 0.6 is 0 Å². The molecule has 0 amide bonds. The second-order valence-electron chi connectivity index (χ2n) is 7.95. The molecule has 2 unspecified atom stereocenters. The molecule has 2 atom stereocenters. The van der Waals surface area contributed by atoms with E-state index in [1.54, 1.807) is 19.2 Å². The number of hydrogen-bond acceptors (Lipinski definition) is 7. The third-order valence-electron chi connectivity index (χ3n) is 6.18. The van der Waals surface area contributed by atoms with E-state index in [0.29, 0.717) is 23.5 Å². The third-order valence-corrected chi connectivity index (χ3v) is 6.18. The molecule has 1 N–H and O–H groups in total. The number of carboxylic acid groups (broad SMARTS) is 1. The first-order chi connectivity index (χ1) is 16.5. The second kappa shape index (κ2) is 8.62. The lowest BCUT2D eigenvalue weighted by Gasteiger charge is -2.38. The first-order valence-corrected chi connectivity index (χ1v) is 10.8. The highest BCUT2D eigenvalue weighted by Crippen LogP contribution is 2.49. The van der Waals surface area contributed by atoms with Gasteiger partial charge in [0.05, 0.1) is 33.1 Å². The smallest absolute Gasteiger partial charge is 0.340 e. The summed E-state index contributed by atoms with van der Waals surface area (Å²) in [6, 6.07) is 18.8. The van der Waals surface area contributed by atoms with Crippen LogP contribution in [0.25, 0.3) is 0 Å². The molecule has 0 bridgehead atoms. The molecule has 2 heterocycles. The monoisotopic (exact) mass is 460 g/mol. The van der Waals surface area contributed by atoms with E-state index in [1.165, 1.54) is 14.2 Å². The maximum atomic E-state index is 12.3. The number of carboxylic acids is 1. The molecule has 0 radical (unpaired) electrons. The zero-order valence-corrected chi connectivity index (χ0v) is 19.0. The van der Waals surface area contributed by atoms with Crippen molar-refractivity contribution in [1.82, 2.24) is 5.01 Å². The van der Waals surface area contributed by atoms with Crippen molar-refractivity contribution in [3.05, 3.63) is 82.9 Å². The van der Waals surface area contributed by atoms with Crippen LogP contribution in [0.5, 0.6) is 23.0 Å². The molecule has 3 aromatic carbocycles. The van der Waals surface area contributed by atoms with Crippen molar-refractivity contribution in [2.45, 2.75) is 18.7 Å². The molecule has 0 saturated heterocycles. The number of benzene rings is 3. The summed E-state index contributed by atoms with van der Waals surface area (Å²) in [4.78, 5) is 12.3. The summed E-state index contributed by atoms with van der Waals surface area (Å²) in [5.41, 5.74) is 3.28. The number of hydrazone groups is 1. The van der Waals surface area contributed by atoms with Gasteiger partial charge in [-0.15, -0.1) is 0 Å². The van der Waals surface area contributed by atoms with Crippen molar-refractivity contribution in [1.29, 1.82) is 0 Å². The van der Waals surface area contributed by atoms with E-state index < -0.39 is 12.2 Å². The number of nitrogens with zero attached hydrogens (tertiary/aromatic N) is 2. The number of carbonyl (C=O) groups is 1. The zero-order chi connectivity index (χ0) is 23.8. The summed E-state index contributed by atoms with van der Waals surface area (Å²) < 4.78 is 22.4. The average molecular weight is 460 g/mol. The average Bonchev–Trinajstić information content (AvgIpc) is 3.33. The molecule has 5 rings (SSSR count). The fourth-order valence-corrected chi connectivity index (χ4v) is 4.57. The summed E-state index contributed by atoms with van der Waals surface area (Å²) in [5, 5.41) is 16.8. The predicted molar refractivity (Wildman–Crippen MR) is 125 cm³/mol. The van der Waals surface area contributed by atoms with Gasteiger partial charge in [-0.05, 0) is 48.0 Å². The Bertz CT molecular complexity index is 1270. The molecule has 8 heteroatoms. The van der Waals surface area contributed by atoms with Crippen molar-refractivity contribution < 1.29 is 28.8 Å². The van der Waals surface area contributed by atoms with Crippen LogP contribution in [-0.2, 0) is 0 Å². The molecule has 2 aliphatic heterocycles. The minimum atomic E-state index is -1.14. The Morgan fingerprint density at radius 2 is 1.74 bits per heavy atom. The van der Waals surface area contributed by atoms with Crippen molar-refractivity contribution in [3.8, 4) is 23.0 Å². The zero-order valence-electron chi connectivity index (χ0n) is 19.0. The second-order valence-corrected chi connectivity index (χ2v) is 7.95. The molecule has 0 aliphatic carbocycles. The van der Waals surface area contributed by atoms with Gasteiger partial charge in [-0.3, -0.25) is 0 Å². The highest BCUT2D eigenvalue weighted by molar-refractivity contribution is 6.02. The minimum Gasteiger partial charge on any atom is -0.497 e. The number of aromatic carboxylic acids is 1. The van der Waals surface area contributed by atoms with Crippen molar-refractivity contribution in [2.24, 2.45) is 5.10 Å². The highest BCUT2D eigenvalue weighted by atomic mass is 16.5. The van der Waals surface area contributed by atoms with Gasteiger partial charge in [0.2, 0.25) is 6.23 Å². The first kappa shape index (κ1) is 21.6. The van der Waals surface area contributed by atoms with E-state index in [-0.39, 0.29) is 17.4 Å². The number of hydrogen-bond donors (Lipinski definition) is 1. The van der Waals surface area contributed by atoms with Gasteiger partial charge in [0.25, 0.3) is 0 Å². The fraction of sp³-hybridized carbons (Fsp3) is 0.231. The minimum absolute atomic E-state index is 0.0157. The van der Waals surface area contributed by atoms with E-state index in [4.69, 9.17) is 24.0 Å². The van der Waals surface area contributed by atoms with Crippen LogP contribution in [0.3, 0.4) is 0 Å². The Balaban J connectivity index is 1.64. The van der Waals surface area contributed by atoms with Gasteiger partial charge in [0.15, 0.2) is 11.5 Å². The van der Waals surface area contributed by atoms with Crippen LogP contribution in [0, 0.1) is 0 Å². The van der Waals surface area contributed by atoms with Gasteiger partial charge >= 0.3 is 5.97 Å². The molecule has 0 spiro atoms. The molecule has 0 saturated carbocycles. The van der Waals surface area contributed by atoms with Crippen LogP contribution < -0.4 is 18.9 Å².